The molecular weight excluding hydrogens is 420 g/mol. The van der Waals surface area contributed by atoms with Crippen molar-refractivity contribution in [3.05, 3.63) is 59.7 Å². The lowest BCUT2D eigenvalue weighted by atomic mass is 9.94. The van der Waals surface area contributed by atoms with Gasteiger partial charge >= 0.3 is 12.1 Å². The Bertz CT molecular complexity index is 970. The van der Waals surface area contributed by atoms with E-state index in [9.17, 15) is 14.4 Å². The predicted molar refractivity (Wildman–Crippen MR) is 126 cm³/mol. The lowest BCUT2D eigenvalue weighted by Crippen LogP contribution is -2.54. The zero-order chi connectivity index (χ0) is 24.0. The van der Waals surface area contributed by atoms with Crippen molar-refractivity contribution in [3.63, 3.8) is 0 Å². The summed E-state index contributed by atoms with van der Waals surface area (Å²) in [6, 6.07) is 15.1. The van der Waals surface area contributed by atoms with Crippen LogP contribution in [0.4, 0.5) is 4.79 Å². The van der Waals surface area contributed by atoms with Crippen LogP contribution < -0.4 is 10.6 Å². The van der Waals surface area contributed by atoms with Gasteiger partial charge in [0.15, 0.2) is 0 Å². The van der Waals surface area contributed by atoms with Gasteiger partial charge in [0.25, 0.3) is 0 Å². The van der Waals surface area contributed by atoms with Gasteiger partial charge in [-0.2, -0.15) is 0 Å². The van der Waals surface area contributed by atoms with Crippen molar-refractivity contribution in [1.29, 1.82) is 0 Å². The van der Waals surface area contributed by atoms with E-state index in [0.29, 0.717) is 12.8 Å². The molecule has 1 aliphatic carbocycles. The van der Waals surface area contributed by atoms with Crippen LogP contribution in [0.5, 0.6) is 0 Å². The molecular formula is C26H32N2O5. The van der Waals surface area contributed by atoms with Gasteiger partial charge in [-0.25, -0.2) is 4.79 Å². The van der Waals surface area contributed by atoms with Crippen molar-refractivity contribution in [3.8, 4) is 11.1 Å². The first-order chi connectivity index (χ1) is 15.8. The molecule has 2 aromatic rings. The van der Waals surface area contributed by atoms with Crippen LogP contribution in [0.25, 0.3) is 11.1 Å². The summed E-state index contributed by atoms with van der Waals surface area (Å²) >= 11 is 0. The number of benzene rings is 2. The second-order valence-corrected chi connectivity index (χ2v) is 8.71. The number of carboxylic acids is 1. The average Bonchev–Trinajstić information content (AvgIpc) is 3.13. The topological polar surface area (TPSA) is 105 Å². The molecule has 3 N–H and O–H groups in total. The van der Waals surface area contributed by atoms with Crippen molar-refractivity contribution in [2.24, 2.45) is 0 Å². The lowest BCUT2D eigenvalue weighted by Gasteiger charge is -2.30. The monoisotopic (exact) mass is 452 g/mol. The normalized spacial score (nSPS) is 13.5. The zero-order valence-electron chi connectivity index (χ0n) is 19.4. The molecule has 176 valence electrons. The third-order valence-electron chi connectivity index (χ3n) is 6.58. The van der Waals surface area contributed by atoms with Gasteiger partial charge < -0.3 is 20.5 Å². The number of carbonyl (C=O) groups excluding carboxylic acids is 2. The highest BCUT2D eigenvalue weighted by atomic mass is 16.5. The lowest BCUT2D eigenvalue weighted by molar-refractivity contribution is -0.137. The number of ether oxygens (including phenoxy) is 1. The molecule has 0 saturated heterocycles. The van der Waals surface area contributed by atoms with E-state index in [2.05, 4.69) is 22.8 Å². The van der Waals surface area contributed by atoms with E-state index in [4.69, 9.17) is 9.84 Å². The molecule has 0 aromatic heterocycles. The Hall–Kier alpha value is -3.35. The van der Waals surface area contributed by atoms with Gasteiger partial charge in [0, 0.05) is 17.9 Å². The molecule has 33 heavy (non-hydrogen) atoms. The molecule has 0 saturated carbocycles. The maximum Gasteiger partial charge on any atom is 0.407 e. The molecule has 7 nitrogen and oxygen atoms in total. The fraction of sp³-hybridized carbons (Fsp3) is 0.423. The Morgan fingerprint density at radius 2 is 1.55 bits per heavy atom. The van der Waals surface area contributed by atoms with Gasteiger partial charge in [-0.15, -0.1) is 0 Å². The maximum atomic E-state index is 12.8. The molecule has 1 unspecified atom stereocenters. The van der Waals surface area contributed by atoms with Crippen LogP contribution in [0, 0.1) is 0 Å². The Balaban J connectivity index is 1.68. The van der Waals surface area contributed by atoms with E-state index in [1.807, 2.05) is 57.2 Å². The maximum absolute atomic E-state index is 12.8. The molecule has 0 aliphatic heterocycles. The molecule has 0 radical (unpaired) electrons. The number of hydrogen-bond acceptors (Lipinski definition) is 4. The summed E-state index contributed by atoms with van der Waals surface area (Å²) in [5.41, 5.74) is 4.00. The zero-order valence-corrected chi connectivity index (χ0v) is 19.4. The Labute approximate surface area is 194 Å². The molecule has 0 fully saturated rings. The number of hydrogen-bond donors (Lipinski definition) is 3. The van der Waals surface area contributed by atoms with Crippen LogP contribution in [0.1, 0.15) is 63.5 Å². The molecule has 3 rings (SSSR count). The minimum atomic E-state index is -1.03. The number of carboxylic acid groups (broad SMARTS) is 1. The highest BCUT2D eigenvalue weighted by molar-refractivity contribution is 5.86. The number of carbonyl (C=O) groups is 3. The molecule has 7 heteroatoms. The van der Waals surface area contributed by atoms with E-state index in [-0.39, 0.29) is 25.4 Å². The highest BCUT2D eigenvalue weighted by Crippen LogP contribution is 2.44. The van der Waals surface area contributed by atoms with E-state index in [1.54, 1.807) is 0 Å². The predicted octanol–water partition coefficient (Wildman–Crippen LogP) is 4.45. The molecule has 2 aromatic carbocycles. The van der Waals surface area contributed by atoms with Crippen molar-refractivity contribution >= 4 is 18.0 Å². The third-order valence-corrected chi connectivity index (χ3v) is 6.58. The minimum absolute atomic E-state index is 0.0190. The Morgan fingerprint density at radius 3 is 2.06 bits per heavy atom. The summed E-state index contributed by atoms with van der Waals surface area (Å²) in [6.45, 7) is 5.98. The first kappa shape index (κ1) is 24.3. The minimum Gasteiger partial charge on any atom is -0.481 e. The molecule has 2 amide bonds. The van der Waals surface area contributed by atoms with Gasteiger partial charge in [-0.05, 0) is 48.4 Å². The average molecular weight is 453 g/mol. The van der Waals surface area contributed by atoms with Crippen LogP contribution in [0.2, 0.25) is 0 Å². The van der Waals surface area contributed by atoms with E-state index in [0.717, 1.165) is 22.3 Å². The second kappa shape index (κ2) is 10.5. The van der Waals surface area contributed by atoms with Gasteiger partial charge in [0.1, 0.15) is 12.6 Å². The first-order valence-electron chi connectivity index (χ1n) is 11.4. The van der Waals surface area contributed by atoms with Crippen LogP contribution >= 0.6 is 0 Å². The fourth-order valence-electron chi connectivity index (χ4n) is 4.13. The Morgan fingerprint density at radius 1 is 1.00 bits per heavy atom. The van der Waals surface area contributed by atoms with Gasteiger partial charge in [-0.3, -0.25) is 9.59 Å². The number of alkyl carbamates (subject to hydrolysis) is 1. The van der Waals surface area contributed by atoms with E-state index >= 15 is 0 Å². The molecule has 0 heterocycles. The van der Waals surface area contributed by atoms with Crippen molar-refractivity contribution < 1.29 is 24.2 Å². The number of nitrogens with one attached hydrogen (secondary N) is 2. The summed E-state index contributed by atoms with van der Waals surface area (Å²) in [4.78, 5) is 36.5. The Kier molecular flexibility index (Phi) is 7.74. The molecule has 1 atom stereocenters. The number of rotatable bonds is 10. The molecule has 0 spiro atoms. The van der Waals surface area contributed by atoms with Gasteiger partial charge in [-0.1, -0.05) is 62.4 Å². The molecule has 1 aliphatic rings. The second-order valence-electron chi connectivity index (χ2n) is 8.71. The number of amides is 2. The van der Waals surface area contributed by atoms with Crippen LogP contribution in [-0.4, -0.2) is 41.3 Å². The van der Waals surface area contributed by atoms with Crippen LogP contribution in [0.15, 0.2) is 48.5 Å². The summed E-state index contributed by atoms with van der Waals surface area (Å²) in [7, 11) is 0. The quantitative estimate of drug-likeness (QED) is 0.494. The van der Waals surface area contributed by atoms with E-state index < -0.39 is 29.6 Å². The van der Waals surface area contributed by atoms with Crippen molar-refractivity contribution in [2.75, 3.05) is 6.61 Å². The highest BCUT2D eigenvalue weighted by Gasteiger charge is 2.31. The van der Waals surface area contributed by atoms with Gasteiger partial charge in [0.2, 0.25) is 5.91 Å². The summed E-state index contributed by atoms with van der Waals surface area (Å²) in [5.74, 6) is -1.54. The smallest absolute Gasteiger partial charge is 0.407 e. The number of fused-ring (bicyclic) bond motifs is 3. The largest absolute Gasteiger partial charge is 0.481 e. The SMILES string of the molecule is CCC(C)(CC)NC(=O)C(CCC(=O)O)NC(=O)OCC1c2ccccc2-c2ccccc21. The summed E-state index contributed by atoms with van der Waals surface area (Å²) in [5, 5.41) is 14.6. The van der Waals surface area contributed by atoms with Crippen molar-refractivity contribution in [1.82, 2.24) is 10.6 Å². The van der Waals surface area contributed by atoms with Crippen LogP contribution in [0.3, 0.4) is 0 Å². The molecule has 0 bridgehead atoms. The standard InChI is InChI=1S/C26H32N2O5/c1-4-26(3,5-2)28-24(31)22(14-15-23(29)30)27-25(32)33-16-21-19-12-8-6-10-17(19)18-11-7-9-13-20(18)21/h6-13,21-22H,4-5,14-16H2,1-3H3,(H,27,32)(H,28,31)(H,29,30). The first-order valence-corrected chi connectivity index (χ1v) is 11.4. The van der Waals surface area contributed by atoms with Crippen LogP contribution in [-0.2, 0) is 14.3 Å². The summed E-state index contributed by atoms with van der Waals surface area (Å²) < 4.78 is 5.53. The fourth-order valence-corrected chi connectivity index (χ4v) is 4.13. The van der Waals surface area contributed by atoms with Gasteiger partial charge in [0.05, 0.1) is 0 Å². The van der Waals surface area contributed by atoms with E-state index in [1.165, 1.54) is 0 Å². The number of aliphatic carboxylic acids is 1. The third kappa shape index (κ3) is 5.72. The van der Waals surface area contributed by atoms with Crippen molar-refractivity contribution in [2.45, 2.75) is 64.0 Å². The summed E-state index contributed by atoms with van der Waals surface area (Å²) in [6.07, 6.45) is 0.431.